The van der Waals surface area contributed by atoms with E-state index in [0.29, 0.717) is 10.7 Å². The van der Waals surface area contributed by atoms with E-state index in [-0.39, 0.29) is 5.91 Å². The third-order valence-electron chi connectivity index (χ3n) is 4.27. The monoisotopic (exact) mass is 370 g/mol. The van der Waals surface area contributed by atoms with Gasteiger partial charge in [-0.1, -0.05) is 30.3 Å². The van der Waals surface area contributed by atoms with Crippen LogP contribution in [0.1, 0.15) is 9.80 Å². The Morgan fingerprint density at radius 1 is 0.963 bits per heavy atom. The highest BCUT2D eigenvalue weighted by Crippen LogP contribution is 2.25. The standard InChI is InChI=1S/C21H14N4OS/c26-20(21-24-16-8-1-2-9-18(16)27-21)22-15-7-5-6-14(12-15)17-13-25-11-4-3-10-19(25)23-17/h1-13H,(H,22,26). The van der Waals surface area contributed by atoms with E-state index in [2.05, 4.69) is 15.3 Å². The molecule has 0 aliphatic carbocycles. The van der Waals surface area contributed by atoms with Crippen LogP contribution in [0.15, 0.2) is 79.1 Å². The summed E-state index contributed by atoms with van der Waals surface area (Å²) >= 11 is 1.39. The van der Waals surface area contributed by atoms with Gasteiger partial charge in [0.15, 0.2) is 5.01 Å². The summed E-state index contributed by atoms with van der Waals surface area (Å²) in [6.45, 7) is 0. The molecule has 0 unspecified atom stereocenters. The van der Waals surface area contributed by atoms with Gasteiger partial charge in [-0.2, -0.15) is 0 Å². The van der Waals surface area contributed by atoms with Crippen LogP contribution < -0.4 is 5.32 Å². The maximum atomic E-state index is 12.6. The second-order valence-electron chi connectivity index (χ2n) is 6.11. The van der Waals surface area contributed by atoms with Crippen molar-refractivity contribution in [2.24, 2.45) is 0 Å². The molecule has 1 amide bonds. The minimum Gasteiger partial charge on any atom is -0.320 e. The van der Waals surface area contributed by atoms with E-state index in [1.54, 1.807) is 0 Å². The van der Waals surface area contributed by atoms with Gasteiger partial charge in [-0.15, -0.1) is 11.3 Å². The van der Waals surface area contributed by atoms with Crippen LogP contribution in [0.4, 0.5) is 5.69 Å². The van der Waals surface area contributed by atoms with Crippen molar-refractivity contribution in [1.82, 2.24) is 14.4 Å². The highest BCUT2D eigenvalue weighted by molar-refractivity contribution is 7.20. The van der Waals surface area contributed by atoms with Crippen molar-refractivity contribution in [3.05, 3.63) is 84.1 Å². The van der Waals surface area contributed by atoms with Crippen LogP contribution in [0.3, 0.4) is 0 Å². The van der Waals surface area contributed by atoms with E-state index in [9.17, 15) is 4.79 Å². The summed E-state index contributed by atoms with van der Waals surface area (Å²) < 4.78 is 2.97. The molecule has 0 saturated carbocycles. The third kappa shape index (κ3) is 2.96. The fraction of sp³-hybridized carbons (Fsp3) is 0. The van der Waals surface area contributed by atoms with Crippen molar-refractivity contribution >= 4 is 38.8 Å². The topological polar surface area (TPSA) is 59.3 Å². The first-order valence-electron chi connectivity index (χ1n) is 8.47. The van der Waals surface area contributed by atoms with Gasteiger partial charge in [0.1, 0.15) is 5.65 Å². The molecule has 5 aromatic rings. The largest absolute Gasteiger partial charge is 0.320 e. The lowest BCUT2D eigenvalue weighted by Gasteiger charge is -2.04. The number of fused-ring (bicyclic) bond motifs is 2. The van der Waals surface area contributed by atoms with E-state index in [4.69, 9.17) is 0 Å². The highest BCUT2D eigenvalue weighted by Gasteiger charge is 2.13. The molecule has 2 aromatic carbocycles. The first-order valence-corrected chi connectivity index (χ1v) is 9.29. The van der Waals surface area contributed by atoms with Gasteiger partial charge >= 0.3 is 0 Å². The van der Waals surface area contributed by atoms with Crippen molar-refractivity contribution < 1.29 is 4.79 Å². The summed E-state index contributed by atoms with van der Waals surface area (Å²) in [5, 5.41) is 3.39. The second-order valence-corrected chi connectivity index (χ2v) is 7.14. The molecule has 1 N–H and O–H groups in total. The first kappa shape index (κ1) is 15.7. The summed E-state index contributed by atoms with van der Waals surface area (Å²) in [5.74, 6) is -0.205. The van der Waals surface area contributed by atoms with E-state index in [0.717, 1.165) is 27.1 Å². The number of rotatable bonds is 3. The van der Waals surface area contributed by atoms with Crippen LogP contribution >= 0.6 is 11.3 Å². The lowest BCUT2D eigenvalue weighted by atomic mass is 10.1. The maximum absolute atomic E-state index is 12.6. The quantitative estimate of drug-likeness (QED) is 0.493. The number of thiazole rings is 1. The van der Waals surface area contributed by atoms with Gasteiger partial charge in [0.2, 0.25) is 0 Å². The van der Waals surface area contributed by atoms with Gasteiger partial charge < -0.3 is 9.72 Å². The molecule has 3 heterocycles. The van der Waals surface area contributed by atoms with Gasteiger partial charge in [0, 0.05) is 23.6 Å². The summed E-state index contributed by atoms with van der Waals surface area (Å²) in [7, 11) is 0. The molecular formula is C21H14N4OS. The van der Waals surface area contributed by atoms with E-state index in [1.165, 1.54) is 11.3 Å². The van der Waals surface area contributed by atoms with Crippen molar-refractivity contribution in [3.8, 4) is 11.3 Å². The van der Waals surface area contributed by atoms with E-state index in [1.807, 2.05) is 83.5 Å². The molecule has 5 nitrogen and oxygen atoms in total. The maximum Gasteiger partial charge on any atom is 0.284 e. The number of imidazole rings is 1. The number of para-hydroxylation sites is 1. The van der Waals surface area contributed by atoms with Crippen molar-refractivity contribution in [2.75, 3.05) is 5.32 Å². The van der Waals surface area contributed by atoms with Gasteiger partial charge in [-0.3, -0.25) is 4.79 Å². The zero-order chi connectivity index (χ0) is 18.2. The number of hydrogen-bond donors (Lipinski definition) is 1. The normalized spacial score (nSPS) is 11.1. The Bertz CT molecular complexity index is 1220. The Balaban J connectivity index is 1.43. The minimum atomic E-state index is -0.205. The van der Waals surface area contributed by atoms with Gasteiger partial charge in [0.05, 0.1) is 15.9 Å². The predicted octanol–water partition coefficient (Wildman–Crippen LogP) is 4.86. The molecule has 3 aromatic heterocycles. The molecule has 27 heavy (non-hydrogen) atoms. The molecule has 0 fully saturated rings. The number of carbonyl (C=O) groups excluding carboxylic acids is 1. The molecule has 6 heteroatoms. The van der Waals surface area contributed by atoms with Crippen LogP contribution in [-0.2, 0) is 0 Å². The Morgan fingerprint density at radius 2 is 1.85 bits per heavy atom. The Labute approximate surface area is 159 Å². The van der Waals surface area contributed by atoms with Gasteiger partial charge in [-0.25, -0.2) is 9.97 Å². The van der Waals surface area contributed by atoms with Crippen molar-refractivity contribution in [2.45, 2.75) is 0 Å². The molecule has 0 atom stereocenters. The summed E-state index contributed by atoms with van der Waals surface area (Å²) in [5.41, 5.74) is 4.24. The van der Waals surface area contributed by atoms with Gasteiger partial charge in [-0.05, 0) is 36.4 Å². The summed E-state index contributed by atoms with van der Waals surface area (Å²) in [4.78, 5) is 21.6. The molecule has 0 bridgehead atoms. The van der Waals surface area contributed by atoms with Crippen LogP contribution in [0.25, 0.3) is 27.1 Å². The van der Waals surface area contributed by atoms with Crippen LogP contribution in [-0.4, -0.2) is 20.3 Å². The Hall–Kier alpha value is -3.51. The number of carbonyl (C=O) groups is 1. The second kappa shape index (κ2) is 6.34. The average Bonchev–Trinajstić information content (AvgIpc) is 3.32. The zero-order valence-electron chi connectivity index (χ0n) is 14.2. The fourth-order valence-corrected chi connectivity index (χ4v) is 3.84. The molecule has 0 spiro atoms. The van der Waals surface area contributed by atoms with Crippen LogP contribution in [0, 0.1) is 0 Å². The van der Waals surface area contributed by atoms with E-state index >= 15 is 0 Å². The SMILES string of the molecule is O=C(Nc1cccc(-c2cn3ccccc3n2)c1)c1nc2ccccc2s1. The Morgan fingerprint density at radius 3 is 2.74 bits per heavy atom. The molecule has 0 aliphatic rings. The molecule has 130 valence electrons. The van der Waals surface area contributed by atoms with Crippen LogP contribution in [0.2, 0.25) is 0 Å². The van der Waals surface area contributed by atoms with Gasteiger partial charge in [0.25, 0.3) is 5.91 Å². The number of benzene rings is 2. The number of aromatic nitrogens is 3. The third-order valence-corrected chi connectivity index (χ3v) is 5.30. The number of amides is 1. The number of hydrogen-bond acceptors (Lipinski definition) is 4. The molecular weight excluding hydrogens is 356 g/mol. The lowest BCUT2D eigenvalue weighted by molar-refractivity contribution is 0.102. The molecule has 0 radical (unpaired) electrons. The van der Waals surface area contributed by atoms with Crippen LogP contribution in [0.5, 0.6) is 0 Å². The molecule has 0 saturated heterocycles. The van der Waals surface area contributed by atoms with Crippen molar-refractivity contribution in [1.29, 1.82) is 0 Å². The predicted molar refractivity (Wildman–Crippen MR) is 108 cm³/mol. The fourth-order valence-electron chi connectivity index (χ4n) is 2.98. The Kier molecular flexibility index (Phi) is 3.69. The number of nitrogens with one attached hydrogen (secondary N) is 1. The summed E-state index contributed by atoms with van der Waals surface area (Å²) in [6, 6.07) is 21.3. The number of pyridine rings is 1. The number of anilines is 1. The van der Waals surface area contributed by atoms with E-state index < -0.39 is 0 Å². The zero-order valence-corrected chi connectivity index (χ0v) is 15.0. The van der Waals surface area contributed by atoms with Crippen molar-refractivity contribution in [3.63, 3.8) is 0 Å². The lowest BCUT2D eigenvalue weighted by Crippen LogP contribution is -2.11. The molecule has 0 aliphatic heterocycles. The highest BCUT2D eigenvalue weighted by atomic mass is 32.1. The molecule has 5 rings (SSSR count). The number of nitrogens with zero attached hydrogens (tertiary/aromatic N) is 3. The average molecular weight is 370 g/mol. The minimum absolute atomic E-state index is 0.205. The summed E-state index contributed by atoms with van der Waals surface area (Å²) in [6.07, 6.45) is 3.94. The first-order chi connectivity index (χ1) is 13.3. The smallest absolute Gasteiger partial charge is 0.284 e.